The Morgan fingerprint density at radius 1 is 1.10 bits per heavy atom. The number of nitrogens with one attached hydrogen (secondary N) is 1. The van der Waals surface area contributed by atoms with Crippen molar-refractivity contribution in [2.45, 2.75) is 77.8 Å². The van der Waals surface area contributed by atoms with E-state index in [4.69, 9.17) is 0 Å². The molecule has 0 spiro atoms. The van der Waals surface area contributed by atoms with Crippen molar-refractivity contribution in [1.29, 1.82) is 0 Å². The first-order chi connectivity index (χ1) is 14.8. The van der Waals surface area contributed by atoms with Crippen molar-refractivity contribution in [2.24, 2.45) is 23.2 Å². The Labute approximate surface area is 187 Å². The van der Waals surface area contributed by atoms with Gasteiger partial charge in [-0.3, -0.25) is 4.79 Å². The Hall–Kier alpha value is -2.04. The molecule has 0 aromatic heterocycles. The first kappa shape index (κ1) is 22.2. The van der Waals surface area contributed by atoms with Crippen LogP contribution in [0.15, 0.2) is 30.3 Å². The van der Waals surface area contributed by atoms with Gasteiger partial charge in [0.1, 0.15) is 6.54 Å². The molecule has 5 nitrogen and oxygen atoms in total. The average Bonchev–Trinajstić information content (AvgIpc) is 3.25. The summed E-state index contributed by atoms with van der Waals surface area (Å²) >= 11 is 0. The SMILES string of the molecule is CNC(=O)N(CC(=O)N(c1ccccc1)C1CCCCC1)C1C2CC(C1C)C(C)(C)C2. The van der Waals surface area contributed by atoms with Gasteiger partial charge < -0.3 is 15.1 Å². The van der Waals surface area contributed by atoms with E-state index in [1.165, 1.54) is 25.7 Å². The van der Waals surface area contributed by atoms with Gasteiger partial charge in [-0.25, -0.2) is 4.79 Å². The van der Waals surface area contributed by atoms with Crippen LogP contribution in [-0.2, 0) is 4.79 Å². The van der Waals surface area contributed by atoms with E-state index in [9.17, 15) is 9.59 Å². The Morgan fingerprint density at radius 2 is 1.77 bits per heavy atom. The Kier molecular flexibility index (Phi) is 6.32. The molecule has 0 radical (unpaired) electrons. The summed E-state index contributed by atoms with van der Waals surface area (Å²) in [5.74, 6) is 1.57. The van der Waals surface area contributed by atoms with Crippen LogP contribution >= 0.6 is 0 Å². The second-order valence-corrected chi connectivity index (χ2v) is 10.7. The molecule has 3 saturated carbocycles. The van der Waals surface area contributed by atoms with E-state index in [0.29, 0.717) is 23.2 Å². The fourth-order valence-electron chi connectivity index (χ4n) is 7.11. The van der Waals surface area contributed by atoms with Gasteiger partial charge >= 0.3 is 6.03 Å². The summed E-state index contributed by atoms with van der Waals surface area (Å²) in [5, 5.41) is 2.82. The minimum atomic E-state index is -0.118. The van der Waals surface area contributed by atoms with Crippen molar-refractivity contribution in [3.05, 3.63) is 30.3 Å². The van der Waals surface area contributed by atoms with Gasteiger partial charge in [-0.1, -0.05) is 58.2 Å². The lowest BCUT2D eigenvalue weighted by Crippen LogP contribution is -2.56. The van der Waals surface area contributed by atoms with Gasteiger partial charge in [0.25, 0.3) is 0 Å². The minimum Gasteiger partial charge on any atom is -0.341 e. The molecular weight excluding hydrogens is 386 g/mol. The number of hydrogen-bond donors (Lipinski definition) is 1. The summed E-state index contributed by atoms with van der Waals surface area (Å²) in [6.45, 7) is 7.16. The average molecular weight is 426 g/mol. The zero-order valence-electron chi connectivity index (χ0n) is 19.6. The van der Waals surface area contributed by atoms with E-state index in [1.54, 1.807) is 7.05 Å². The normalized spacial score (nSPS) is 29.5. The number of para-hydroxylation sites is 1. The standard InChI is InChI=1S/C26H39N3O2/c1-18-22-15-19(16-26(22,2)3)24(18)28(25(31)27-4)17-23(30)29(20-11-7-5-8-12-20)21-13-9-6-10-14-21/h5,7-8,11-12,18-19,21-22,24H,6,9-10,13-17H2,1-4H3,(H,27,31). The van der Waals surface area contributed by atoms with Gasteiger partial charge in [0.15, 0.2) is 0 Å². The summed E-state index contributed by atoms with van der Waals surface area (Å²) in [4.78, 5) is 30.6. The molecule has 1 N–H and O–H groups in total. The molecule has 5 heteroatoms. The van der Waals surface area contributed by atoms with Crippen LogP contribution < -0.4 is 10.2 Å². The molecule has 0 saturated heterocycles. The summed E-state index contributed by atoms with van der Waals surface area (Å²) in [5.41, 5.74) is 1.29. The van der Waals surface area contributed by atoms with E-state index in [1.807, 2.05) is 40.1 Å². The summed E-state index contributed by atoms with van der Waals surface area (Å²) in [7, 11) is 1.68. The highest BCUT2D eigenvalue weighted by atomic mass is 16.2. The van der Waals surface area contributed by atoms with Crippen LogP contribution in [0.25, 0.3) is 0 Å². The highest BCUT2D eigenvalue weighted by Gasteiger charge is 2.56. The van der Waals surface area contributed by atoms with Crippen LogP contribution in [0.5, 0.6) is 0 Å². The van der Waals surface area contributed by atoms with Gasteiger partial charge in [-0.05, 0) is 61.0 Å². The number of urea groups is 1. The smallest absolute Gasteiger partial charge is 0.317 e. The predicted molar refractivity (Wildman–Crippen MR) is 125 cm³/mol. The number of hydrogen-bond acceptors (Lipinski definition) is 2. The van der Waals surface area contributed by atoms with Crippen molar-refractivity contribution in [3.8, 4) is 0 Å². The molecule has 0 aliphatic heterocycles. The van der Waals surface area contributed by atoms with Crippen molar-refractivity contribution >= 4 is 17.6 Å². The number of carbonyl (C=O) groups excluding carboxylic acids is 2. The zero-order valence-corrected chi connectivity index (χ0v) is 19.6. The third kappa shape index (κ3) is 4.20. The predicted octanol–water partition coefficient (Wildman–Crippen LogP) is 5.06. The van der Waals surface area contributed by atoms with E-state index < -0.39 is 0 Å². The first-order valence-electron chi connectivity index (χ1n) is 12.2. The van der Waals surface area contributed by atoms with Crippen molar-refractivity contribution in [1.82, 2.24) is 10.2 Å². The lowest BCUT2D eigenvalue weighted by Gasteiger charge is -2.44. The maximum Gasteiger partial charge on any atom is 0.317 e. The lowest BCUT2D eigenvalue weighted by molar-refractivity contribution is -0.120. The van der Waals surface area contributed by atoms with E-state index in [0.717, 1.165) is 24.9 Å². The van der Waals surface area contributed by atoms with Gasteiger partial charge in [0.05, 0.1) is 0 Å². The quantitative estimate of drug-likeness (QED) is 0.716. The first-order valence-corrected chi connectivity index (χ1v) is 12.2. The molecule has 170 valence electrons. The molecular formula is C26H39N3O2. The van der Waals surface area contributed by atoms with Crippen LogP contribution in [0.2, 0.25) is 0 Å². The summed E-state index contributed by atoms with van der Waals surface area (Å²) in [6, 6.07) is 10.3. The van der Waals surface area contributed by atoms with Crippen molar-refractivity contribution < 1.29 is 9.59 Å². The summed E-state index contributed by atoms with van der Waals surface area (Å²) in [6.07, 6.45) is 7.97. The molecule has 3 amide bonds. The molecule has 3 fully saturated rings. The van der Waals surface area contributed by atoms with Crippen LogP contribution in [0.1, 0.15) is 65.7 Å². The van der Waals surface area contributed by atoms with Gasteiger partial charge in [0, 0.05) is 24.8 Å². The van der Waals surface area contributed by atoms with Crippen LogP contribution in [0.4, 0.5) is 10.5 Å². The number of amides is 3. The Morgan fingerprint density at radius 3 is 2.35 bits per heavy atom. The summed E-state index contributed by atoms with van der Waals surface area (Å²) < 4.78 is 0. The number of rotatable bonds is 5. The molecule has 2 bridgehead atoms. The molecule has 0 heterocycles. The number of nitrogens with zero attached hydrogens (tertiary/aromatic N) is 2. The number of benzene rings is 1. The third-order valence-electron chi connectivity index (χ3n) is 8.39. The second-order valence-electron chi connectivity index (χ2n) is 10.7. The van der Waals surface area contributed by atoms with Crippen LogP contribution in [0, 0.1) is 23.2 Å². The largest absolute Gasteiger partial charge is 0.341 e. The highest BCUT2D eigenvalue weighted by molar-refractivity contribution is 5.97. The number of fused-ring (bicyclic) bond motifs is 2. The number of anilines is 1. The maximum absolute atomic E-state index is 13.8. The molecule has 4 rings (SSSR count). The lowest BCUT2D eigenvalue weighted by atomic mass is 9.69. The van der Waals surface area contributed by atoms with Gasteiger partial charge in [-0.15, -0.1) is 0 Å². The molecule has 31 heavy (non-hydrogen) atoms. The minimum absolute atomic E-state index is 0.0518. The highest BCUT2D eigenvalue weighted by Crippen LogP contribution is 2.59. The van der Waals surface area contributed by atoms with Crippen LogP contribution in [-0.4, -0.2) is 42.5 Å². The van der Waals surface area contributed by atoms with Crippen molar-refractivity contribution in [2.75, 3.05) is 18.5 Å². The van der Waals surface area contributed by atoms with Gasteiger partial charge in [-0.2, -0.15) is 0 Å². The topological polar surface area (TPSA) is 52.7 Å². The maximum atomic E-state index is 13.8. The zero-order chi connectivity index (χ0) is 22.2. The monoisotopic (exact) mass is 425 g/mol. The van der Waals surface area contributed by atoms with Crippen molar-refractivity contribution in [3.63, 3.8) is 0 Å². The molecule has 4 atom stereocenters. The van der Waals surface area contributed by atoms with Crippen LogP contribution in [0.3, 0.4) is 0 Å². The van der Waals surface area contributed by atoms with E-state index >= 15 is 0 Å². The molecule has 1 aromatic carbocycles. The van der Waals surface area contributed by atoms with E-state index in [-0.39, 0.29) is 30.6 Å². The molecule has 4 unspecified atom stereocenters. The molecule has 1 aromatic rings. The third-order valence-corrected chi connectivity index (χ3v) is 8.39. The fourth-order valence-corrected chi connectivity index (χ4v) is 7.11. The Balaban J connectivity index is 1.58. The van der Waals surface area contributed by atoms with E-state index in [2.05, 4.69) is 26.1 Å². The van der Waals surface area contributed by atoms with Gasteiger partial charge in [0.2, 0.25) is 5.91 Å². The molecule has 3 aliphatic carbocycles. The fraction of sp³-hybridized carbons (Fsp3) is 0.692. The second kappa shape index (κ2) is 8.84. The Bertz CT molecular complexity index is 785. The number of carbonyl (C=O) groups is 2. The molecule has 3 aliphatic rings.